The van der Waals surface area contributed by atoms with Crippen LogP contribution in [0.1, 0.15) is 21.9 Å². The highest BCUT2D eigenvalue weighted by molar-refractivity contribution is 6.33. The van der Waals surface area contributed by atoms with Crippen LogP contribution >= 0.6 is 11.6 Å². The van der Waals surface area contributed by atoms with E-state index in [0.717, 1.165) is 23.5 Å². The summed E-state index contributed by atoms with van der Waals surface area (Å²) >= 11 is 6.03. The number of hydrogen-bond acceptors (Lipinski definition) is 5. The molecule has 0 fully saturated rings. The summed E-state index contributed by atoms with van der Waals surface area (Å²) in [7, 11) is 0. The molecule has 0 aliphatic heterocycles. The summed E-state index contributed by atoms with van der Waals surface area (Å²) in [4.78, 5) is 28.4. The minimum Gasteiger partial charge on any atom is -0.451 e. The molecule has 1 aromatic carbocycles. The lowest BCUT2D eigenvalue weighted by Gasteiger charge is -2.09. The lowest BCUT2D eigenvalue weighted by molar-refractivity contribution is -0.119. The van der Waals surface area contributed by atoms with Gasteiger partial charge in [-0.25, -0.2) is 23.2 Å². The summed E-state index contributed by atoms with van der Waals surface area (Å²) < 4.78 is 32.8. The molecule has 0 atom stereocenters. The van der Waals surface area contributed by atoms with Gasteiger partial charge in [0.05, 0.1) is 10.7 Å². The molecular weight excluding hydrogens is 406 g/mol. The Labute approximate surface area is 169 Å². The first-order valence-corrected chi connectivity index (χ1v) is 8.74. The summed E-state index contributed by atoms with van der Waals surface area (Å²) in [5.74, 6) is -3.07. The third-order valence-corrected chi connectivity index (χ3v) is 4.04. The van der Waals surface area contributed by atoms with Crippen LogP contribution in [0.2, 0.25) is 5.02 Å². The minimum atomic E-state index is -0.932. The van der Waals surface area contributed by atoms with Gasteiger partial charge < -0.3 is 10.1 Å². The number of carbonyl (C=O) groups is 2. The van der Waals surface area contributed by atoms with Gasteiger partial charge in [-0.1, -0.05) is 11.6 Å². The van der Waals surface area contributed by atoms with Gasteiger partial charge in [0.15, 0.2) is 18.1 Å². The number of hydrogen-bond donors (Lipinski definition) is 1. The van der Waals surface area contributed by atoms with Crippen molar-refractivity contribution >= 4 is 29.2 Å². The molecule has 10 heteroatoms. The van der Waals surface area contributed by atoms with Crippen LogP contribution in [0.15, 0.2) is 36.4 Å². The number of rotatable bonds is 5. The van der Waals surface area contributed by atoms with E-state index in [9.17, 15) is 18.4 Å². The normalized spacial score (nSPS) is 10.7. The van der Waals surface area contributed by atoms with Crippen molar-refractivity contribution in [3.63, 3.8) is 0 Å². The molecule has 0 spiro atoms. The Kier molecular flexibility index (Phi) is 5.88. The molecule has 3 aromatic rings. The highest BCUT2D eigenvalue weighted by Crippen LogP contribution is 2.19. The first kappa shape index (κ1) is 20.4. The fraction of sp³-hybridized carbons (Fsp3) is 0.158. The second-order valence-corrected chi connectivity index (χ2v) is 6.53. The number of aryl methyl sites for hydroxylation is 2. The number of pyridine rings is 1. The average Bonchev–Trinajstić information content (AvgIpc) is 2.97. The van der Waals surface area contributed by atoms with Gasteiger partial charge >= 0.3 is 5.97 Å². The van der Waals surface area contributed by atoms with E-state index in [1.807, 2.05) is 19.9 Å². The number of esters is 1. The van der Waals surface area contributed by atoms with Gasteiger partial charge in [-0.05, 0) is 44.2 Å². The number of amides is 1. The predicted molar refractivity (Wildman–Crippen MR) is 101 cm³/mol. The lowest BCUT2D eigenvalue weighted by Crippen LogP contribution is -2.22. The van der Waals surface area contributed by atoms with Gasteiger partial charge in [-0.15, -0.1) is 0 Å². The molecule has 29 heavy (non-hydrogen) atoms. The van der Waals surface area contributed by atoms with Crippen molar-refractivity contribution in [1.29, 1.82) is 0 Å². The van der Waals surface area contributed by atoms with Crippen LogP contribution in [0.3, 0.4) is 0 Å². The van der Waals surface area contributed by atoms with E-state index >= 15 is 0 Å². The third-order valence-electron chi connectivity index (χ3n) is 3.73. The average molecular weight is 421 g/mol. The highest BCUT2D eigenvalue weighted by Gasteiger charge is 2.18. The Morgan fingerprint density at radius 3 is 2.45 bits per heavy atom. The molecule has 0 radical (unpaired) electrons. The zero-order chi connectivity index (χ0) is 21.1. The summed E-state index contributed by atoms with van der Waals surface area (Å²) in [6, 6.07) is 7.42. The van der Waals surface area contributed by atoms with Crippen LogP contribution in [-0.4, -0.2) is 33.2 Å². The molecule has 2 heterocycles. The summed E-state index contributed by atoms with van der Waals surface area (Å²) in [5, 5.41) is 6.54. The van der Waals surface area contributed by atoms with Crippen LogP contribution in [-0.2, 0) is 9.53 Å². The number of ether oxygens (including phenoxy) is 1. The fourth-order valence-electron chi connectivity index (χ4n) is 2.58. The summed E-state index contributed by atoms with van der Waals surface area (Å²) in [5.41, 5.74) is 1.28. The van der Waals surface area contributed by atoms with Crippen LogP contribution < -0.4 is 5.32 Å². The lowest BCUT2D eigenvalue weighted by atomic mass is 10.3. The van der Waals surface area contributed by atoms with Crippen molar-refractivity contribution in [3.05, 3.63) is 70.1 Å². The van der Waals surface area contributed by atoms with Crippen molar-refractivity contribution in [2.45, 2.75) is 13.8 Å². The van der Waals surface area contributed by atoms with E-state index in [1.165, 1.54) is 10.7 Å². The molecule has 1 N–H and O–H groups in total. The zero-order valence-corrected chi connectivity index (χ0v) is 16.1. The molecule has 0 aliphatic carbocycles. The Morgan fingerprint density at radius 2 is 1.83 bits per heavy atom. The number of halogens is 3. The number of benzene rings is 1. The van der Waals surface area contributed by atoms with Crippen LogP contribution in [0.4, 0.5) is 14.5 Å². The van der Waals surface area contributed by atoms with E-state index in [4.69, 9.17) is 16.3 Å². The number of nitrogens with zero attached hydrogens (tertiary/aromatic N) is 3. The molecule has 7 nitrogen and oxygen atoms in total. The molecule has 0 saturated heterocycles. The van der Waals surface area contributed by atoms with Crippen molar-refractivity contribution in [2.75, 3.05) is 11.9 Å². The predicted octanol–water partition coefficient (Wildman–Crippen LogP) is 3.61. The smallest absolute Gasteiger partial charge is 0.359 e. The number of anilines is 1. The minimum absolute atomic E-state index is 0.0351. The van der Waals surface area contributed by atoms with Crippen LogP contribution in [0, 0.1) is 25.5 Å². The van der Waals surface area contributed by atoms with Crippen molar-refractivity contribution < 1.29 is 23.1 Å². The quantitative estimate of drug-likeness (QED) is 0.637. The van der Waals surface area contributed by atoms with Gasteiger partial charge in [-0.2, -0.15) is 5.10 Å². The van der Waals surface area contributed by atoms with E-state index in [0.29, 0.717) is 11.9 Å². The molecule has 0 saturated carbocycles. The van der Waals surface area contributed by atoms with Crippen molar-refractivity contribution in [1.82, 2.24) is 14.8 Å². The van der Waals surface area contributed by atoms with Gasteiger partial charge in [-0.3, -0.25) is 4.79 Å². The standard InChI is InChI=1S/C19H15ClF2N4O3/c1-10-5-11(2)26(25-10)16-4-3-15(20)18(24-16)19(28)29-9-17(27)23-14-7-12(21)6-13(22)8-14/h3-8H,9H2,1-2H3,(H,23,27). The third kappa shape index (κ3) is 4.94. The number of aromatic nitrogens is 3. The van der Waals surface area contributed by atoms with E-state index < -0.39 is 30.1 Å². The SMILES string of the molecule is Cc1cc(C)n(-c2ccc(Cl)c(C(=O)OCC(=O)Nc3cc(F)cc(F)c3)n2)n1. The number of nitrogens with one attached hydrogen (secondary N) is 1. The maximum Gasteiger partial charge on any atom is 0.359 e. The highest BCUT2D eigenvalue weighted by atomic mass is 35.5. The van der Waals surface area contributed by atoms with E-state index in [2.05, 4.69) is 15.4 Å². The summed E-state index contributed by atoms with van der Waals surface area (Å²) in [6.07, 6.45) is 0. The molecule has 1 amide bonds. The molecule has 0 unspecified atom stereocenters. The van der Waals surface area contributed by atoms with Crippen molar-refractivity contribution in [2.24, 2.45) is 0 Å². The second-order valence-electron chi connectivity index (χ2n) is 6.12. The maximum atomic E-state index is 13.2. The second kappa shape index (κ2) is 8.36. The van der Waals surface area contributed by atoms with Gasteiger partial charge in [0.25, 0.3) is 5.91 Å². The first-order valence-electron chi connectivity index (χ1n) is 8.36. The monoisotopic (exact) mass is 420 g/mol. The Morgan fingerprint density at radius 1 is 1.14 bits per heavy atom. The topological polar surface area (TPSA) is 86.1 Å². The van der Waals surface area contributed by atoms with Crippen LogP contribution in [0.25, 0.3) is 5.82 Å². The molecule has 2 aromatic heterocycles. The fourth-order valence-corrected chi connectivity index (χ4v) is 2.76. The largest absolute Gasteiger partial charge is 0.451 e. The molecular formula is C19H15ClF2N4O3. The molecule has 3 rings (SSSR count). The molecule has 150 valence electrons. The van der Waals surface area contributed by atoms with Gasteiger partial charge in [0.2, 0.25) is 0 Å². The maximum absolute atomic E-state index is 13.2. The Hall–Kier alpha value is -3.33. The summed E-state index contributed by atoms with van der Waals surface area (Å²) in [6.45, 7) is 2.95. The van der Waals surface area contributed by atoms with Gasteiger partial charge in [0, 0.05) is 17.4 Å². The van der Waals surface area contributed by atoms with Crippen molar-refractivity contribution in [3.8, 4) is 5.82 Å². The first-order chi connectivity index (χ1) is 13.7. The molecule has 0 aliphatic rings. The Balaban J connectivity index is 1.69. The van der Waals surface area contributed by atoms with E-state index in [-0.39, 0.29) is 16.4 Å². The zero-order valence-electron chi connectivity index (χ0n) is 15.4. The van der Waals surface area contributed by atoms with E-state index in [1.54, 1.807) is 6.07 Å². The Bertz CT molecular complexity index is 1080. The van der Waals surface area contributed by atoms with Gasteiger partial charge in [0.1, 0.15) is 11.6 Å². The molecule has 0 bridgehead atoms. The number of carbonyl (C=O) groups excluding carboxylic acids is 2. The van der Waals surface area contributed by atoms with Crippen LogP contribution in [0.5, 0.6) is 0 Å².